The number of hydrogen-bond donors (Lipinski definition) is 0. The third-order valence-corrected chi connectivity index (χ3v) is 9.36. The van der Waals surface area contributed by atoms with Gasteiger partial charge in [-0.2, -0.15) is 4.31 Å². The summed E-state index contributed by atoms with van der Waals surface area (Å²) in [7, 11) is -3.41. The lowest BCUT2D eigenvalue weighted by Crippen LogP contribution is -2.49. The van der Waals surface area contributed by atoms with E-state index in [9.17, 15) is 13.2 Å². The van der Waals surface area contributed by atoms with Crippen molar-refractivity contribution in [2.75, 3.05) is 19.6 Å². The highest BCUT2D eigenvalue weighted by Crippen LogP contribution is 2.30. The number of thiophene rings is 1. The van der Waals surface area contributed by atoms with Gasteiger partial charge in [-0.15, -0.1) is 11.3 Å². The van der Waals surface area contributed by atoms with Crippen LogP contribution in [0.25, 0.3) is 0 Å². The van der Waals surface area contributed by atoms with Crippen LogP contribution in [-0.2, 0) is 21.2 Å². The Labute approximate surface area is 161 Å². The average molecular weight is 399 g/mol. The van der Waals surface area contributed by atoms with E-state index in [1.807, 2.05) is 13.0 Å². The lowest BCUT2D eigenvalue weighted by atomic mass is 9.92. The van der Waals surface area contributed by atoms with E-state index in [2.05, 4.69) is 11.8 Å². The molecular formula is C19H30N2O3S2. The Morgan fingerprint density at radius 3 is 2.46 bits per heavy atom. The summed E-state index contributed by atoms with van der Waals surface area (Å²) < 4.78 is 27.7. The van der Waals surface area contributed by atoms with Gasteiger partial charge in [-0.3, -0.25) is 4.79 Å². The lowest BCUT2D eigenvalue weighted by molar-refractivity contribution is -0.140. The van der Waals surface area contributed by atoms with Crippen LogP contribution in [0.2, 0.25) is 0 Å². The van der Waals surface area contributed by atoms with Gasteiger partial charge in [0.25, 0.3) is 10.0 Å². The molecule has 2 fully saturated rings. The maximum absolute atomic E-state index is 13.0. The number of carbonyl (C=O) groups excluding carboxylic acids is 1. The predicted molar refractivity (Wildman–Crippen MR) is 105 cm³/mol. The van der Waals surface area contributed by atoms with Crippen LogP contribution in [0.4, 0.5) is 0 Å². The molecule has 0 radical (unpaired) electrons. The monoisotopic (exact) mass is 398 g/mol. The van der Waals surface area contributed by atoms with E-state index in [-0.39, 0.29) is 11.8 Å². The lowest BCUT2D eigenvalue weighted by Gasteiger charge is -2.39. The van der Waals surface area contributed by atoms with Crippen LogP contribution in [0.15, 0.2) is 16.3 Å². The van der Waals surface area contributed by atoms with Crippen molar-refractivity contribution in [1.82, 2.24) is 9.21 Å². The first-order valence-corrected chi connectivity index (χ1v) is 12.1. The number of aryl methyl sites for hydroxylation is 1. The Balaban J connectivity index is 1.62. The van der Waals surface area contributed by atoms with E-state index >= 15 is 0 Å². The Hall–Kier alpha value is -0.920. The Morgan fingerprint density at radius 1 is 1.12 bits per heavy atom. The average Bonchev–Trinajstić information content (AvgIpc) is 3.17. The number of likely N-dealkylation sites (tertiary alicyclic amines) is 1. The van der Waals surface area contributed by atoms with Gasteiger partial charge in [-0.05, 0) is 57.1 Å². The van der Waals surface area contributed by atoms with E-state index in [4.69, 9.17) is 0 Å². The summed E-state index contributed by atoms with van der Waals surface area (Å²) in [4.78, 5) is 16.1. The molecule has 1 unspecified atom stereocenters. The normalized spacial score (nSPS) is 23.3. The number of rotatable bonds is 5. The van der Waals surface area contributed by atoms with Crippen molar-refractivity contribution in [3.05, 3.63) is 17.0 Å². The molecule has 0 spiro atoms. The van der Waals surface area contributed by atoms with Gasteiger partial charge in [0.15, 0.2) is 0 Å². The second kappa shape index (κ2) is 8.40. The van der Waals surface area contributed by atoms with Crippen LogP contribution in [0.3, 0.4) is 0 Å². The number of carbonyl (C=O) groups is 1. The van der Waals surface area contributed by atoms with Gasteiger partial charge in [0, 0.05) is 36.5 Å². The molecule has 0 aromatic carbocycles. The number of sulfonamides is 1. The number of amides is 1. The van der Waals surface area contributed by atoms with Crippen LogP contribution in [0.1, 0.15) is 57.2 Å². The highest BCUT2D eigenvalue weighted by molar-refractivity contribution is 7.91. The molecule has 2 aliphatic heterocycles. The van der Waals surface area contributed by atoms with E-state index in [1.54, 1.807) is 10.4 Å². The third-order valence-electron chi connectivity index (χ3n) is 5.76. The maximum Gasteiger partial charge on any atom is 0.252 e. The highest BCUT2D eigenvalue weighted by Gasteiger charge is 2.36. The molecule has 0 bridgehead atoms. The molecule has 1 aromatic heterocycles. The second-order valence-electron chi connectivity index (χ2n) is 7.34. The van der Waals surface area contributed by atoms with Crippen LogP contribution < -0.4 is 0 Å². The van der Waals surface area contributed by atoms with E-state index in [0.29, 0.717) is 36.2 Å². The molecule has 0 N–H and O–H groups in total. The van der Waals surface area contributed by atoms with E-state index in [1.165, 1.54) is 17.8 Å². The molecule has 1 amide bonds. The molecule has 2 saturated heterocycles. The summed E-state index contributed by atoms with van der Waals surface area (Å²) in [5, 5.41) is 0. The van der Waals surface area contributed by atoms with Crippen molar-refractivity contribution in [1.29, 1.82) is 0 Å². The zero-order valence-corrected chi connectivity index (χ0v) is 17.4. The van der Waals surface area contributed by atoms with E-state index in [0.717, 1.165) is 37.1 Å². The molecule has 1 atom stereocenters. The molecule has 5 nitrogen and oxygen atoms in total. The zero-order valence-electron chi connectivity index (χ0n) is 15.8. The molecule has 2 aliphatic rings. The molecule has 7 heteroatoms. The third kappa shape index (κ3) is 3.99. The SMILES string of the molecule is CCc1ccc(S(=O)(=O)N2CCC(C(=O)N3CCCCC3CC)CC2)s1. The summed E-state index contributed by atoms with van der Waals surface area (Å²) in [5.41, 5.74) is 0. The number of piperidine rings is 2. The second-order valence-corrected chi connectivity index (χ2v) is 10.7. The molecule has 3 rings (SSSR count). The molecule has 146 valence electrons. The standard InChI is InChI=1S/C19H30N2O3S2/c1-3-16-7-5-6-12-21(16)19(22)15-10-13-20(14-11-15)26(23,24)18-9-8-17(4-2)25-18/h8-9,15-16H,3-7,10-14H2,1-2H3. The number of hydrogen-bond acceptors (Lipinski definition) is 4. The maximum atomic E-state index is 13.0. The predicted octanol–water partition coefficient (Wildman–Crippen LogP) is 3.50. The Morgan fingerprint density at radius 2 is 1.85 bits per heavy atom. The van der Waals surface area contributed by atoms with Gasteiger partial charge < -0.3 is 4.90 Å². The molecule has 0 aliphatic carbocycles. The van der Waals surface area contributed by atoms with Gasteiger partial charge in [0.05, 0.1) is 0 Å². The fourth-order valence-corrected chi connectivity index (χ4v) is 7.03. The summed E-state index contributed by atoms with van der Waals surface area (Å²) >= 11 is 1.36. The van der Waals surface area contributed by atoms with Crippen molar-refractivity contribution in [3.63, 3.8) is 0 Å². The van der Waals surface area contributed by atoms with Crippen molar-refractivity contribution < 1.29 is 13.2 Å². The van der Waals surface area contributed by atoms with Gasteiger partial charge in [0.1, 0.15) is 4.21 Å². The molecule has 26 heavy (non-hydrogen) atoms. The Kier molecular flexibility index (Phi) is 6.41. The molecule has 0 saturated carbocycles. The van der Waals surface area contributed by atoms with Gasteiger partial charge >= 0.3 is 0 Å². The topological polar surface area (TPSA) is 57.7 Å². The quantitative estimate of drug-likeness (QED) is 0.763. The zero-order chi connectivity index (χ0) is 18.7. The minimum Gasteiger partial charge on any atom is -0.339 e. The largest absolute Gasteiger partial charge is 0.339 e. The Bertz CT molecular complexity index is 721. The minimum atomic E-state index is -3.41. The van der Waals surface area contributed by atoms with Crippen molar-refractivity contribution in [2.45, 2.75) is 69.0 Å². The van der Waals surface area contributed by atoms with Crippen LogP contribution in [0, 0.1) is 5.92 Å². The number of nitrogens with zero attached hydrogens (tertiary/aromatic N) is 2. The highest BCUT2D eigenvalue weighted by atomic mass is 32.2. The van der Waals surface area contributed by atoms with Crippen molar-refractivity contribution >= 4 is 27.3 Å². The first-order chi connectivity index (χ1) is 12.5. The fourth-order valence-electron chi connectivity index (χ4n) is 4.11. The first-order valence-electron chi connectivity index (χ1n) is 9.86. The van der Waals surface area contributed by atoms with Crippen LogP contribution in [0.5, 0.6) is 0 Å². The minimum absolute atomic E-state index is 0.0249. The summed E-state index contributed by atoms with van der Waals surface area (Å²) in [6, 6.07) is 3.99. The summed E-state index contributed by atoms with van der Waals surface area (Å²) in [6.07, 6.45) is 6.54. The van der Waals surface area contributed by atoms with Gasteiger partial charge in [-0.25, -0.2) is 8.42 Å². The van der Waals surface area contributed by atoms with Crippen LogP contribution in [-0.4, -0.2) is 49.2 Å². The van der Waals surface area contributed by atoms with Crippen molar-refractivity contribution in [2.24, 2.45) is 5.92 Å². The summed E-state index contributed by atoms with van der Waals surface area (Å²) in [5.74, 6) is 0.223. The molecular weight excluding hydrogens is 368 g/mol. The van der Waals surface area contributed by atoms with E-state index < -0.39 is 10.0 Å². The molecule has 1 aromatic rings. The smallest absolute Gasteiger partial charge is 0.252 e. The molecule has 3 heterocycles. The first kappa shape index (κ1) is 19.8. The van der Waals surface area contributed by atoms with Crippen LogP contribution >= 0.6 is 11.3 Å². The summed E-state index contributed by atoms with van der Waals surface area (Å²) in [6.45, 7) is 5.94. The fraction of sp³-hybridized carbons (Fsp3) is 0.737. The van der Waals surface area contributed by atoms with Gasteiger partial charge in [-0.1, -0.05) is 13.8 Å². The van der Waals surface area contributed by atoms with Crippen molar-refractivity contribution in [3.8, 4) is 0 Å². The van der Waals surface area contributed by atoms with Gasteiger partial charge in [0.2, 0.25) is 5.91 Å².